The Kier molecular flexibility index (Phi) is 5.62. The van der Waals surface area contributed by atoms with E-state index >= 15 is 0 Å². The molecule has 1 fully saturated rings. The molecule has 1 aliphatic rings. The maximum atomic E-state index is 12.9. The highest BCUT2D eigenvalue weighted by molar-refractivity contribution is 9.10. The van der Waals surface area contributed by atoms with E-state index in [1.54, 1.807) is 6.20 Å². The van der Waals surface area contributed by atoms with Gasteiger partial charge in [0, 0.05) is 29.8 Å². The van der Waals surface area contributed by atoms with Gasteiger partial charge in [-0.2, -0.15) is 0 Å². The highest BCUT2D eigenvalue weighted by Gasteiger charge is 2.29. The first kappa shape index (κ1) is 16.3. The third-order valence-corrected chi connectivity index (χ3v) is 4.44. The van der Waals surface area contributed by atoms with Gasteiger partial charge in [0.05, 0.1) is 5.56 Å². The molecule has 0 aromatic carbocycles. The fraction of sp³-hybridized carbons (Fsp3) is 0.625. The second-order valence-corrected chi connectivity index (χ2v) is 6.88. The van der Waals surface area contributed by atoms with Crippen molar-refractivity contribution in [1.82, 2.24) is 9.88 Å². The summed E-state index contributed by atoms with van der Waals surface area (Å²) in [4.78, 5) is 19.3. The number of anilines is 1. The quantitative estimate of drug-likeness (QED) is 0.891. The van der Waals surface area contributed by atoms with Crippen molar-refractivity contribution in [2.75, 3.05) is 18.4 Å². The Morgan fingerprint density at radius 1 is 1.48 bits per heavy atom. The van der Waals surface area contributed by atoms with E-state index in [-0.39, 0.29) is 5.91 Å². The normalized spacial score (nSPS) is 22.2. The minimum absolute atomic E-state index is 0.0847. The molecule has 0 aliphatic carbocycles. The summed E-state index contributed by atoms with van der Waals surface area (Å²) in [6, 6.07) is 2.17. The monoisotopic (exact) mass is 353 g/mol. The maximum absolute atomic E-state index is 12.9. The standard InChI is InChI=1S/C16H24BrN3O/c1-4-7-18-15-14(8-13(17)9-19-15)16(21)20-10-11(2)5-6-12(20)3/h8-9,11-12H,4-7,10H2,1-3H3,(H,18,19). The van der Waals surface area contributed by atoms with Gasteiger partial charge < -0.3 is 10.2 Å². The van der Waals surface area contributed by atoms with Crippen molar-refractivity contribution < 1.29 is 4.79 Å². The number of hydrogen-bond donors (Lipinski definition) is 1. The number of hydrogen-bond acceptors (Lipinski definition) is 3. The lowest BCUT2D eigenvalue weighted by Crippen LogP contribution is -2.45. The molecule has 5 heteroatoms. The average molecular weight is 354 g/mol. The van der Waals surface area contributed by atoms with Crippen molar-refractivity contribution in [2.45, 2.75) is 46.1 Å². The number of carbonyl (C=O) groups excluding carboxylic acids is 1. The summed E-state index contributed by atoms with van der Waals surface area (Å²) in [7, 11) is 0. The maximum Gasteiger partial charge on any atom is 0.257 e. The molecule has 1 N–H and O–H groups in total. The van der Waals surface area contributed by atoms with Gasteiger partial charge in [-0.25, -0.2) is 4.98 Å². The molecule has 21 heavy (non-hydrogen) atoms. The lowest BCUT2D eigenvalue weighted by molar-refractivity contribution is 0.0574. The Bertz CT molecular complexity index is 506. The number of amides is 1. The van der Waals surface area contributed by atoms with Crippen LogP contribution in [0.3, 0.4) is 0 Å². The smallest absolute Gasteiger partial charge is 0.257 e. The van der Waals surface area contributed by atoms with E-state index in [1.165, 1.54) is 6.42 Å². The molecule has 2 atom stereocenters. The molecule has 2 unspecified atom stereocenters. The fourth-order valence-corrected chi connectivity index (χ4v) is 3.04. The highest BCUT2D eigenvalue weighted by atomic mass is 79.9. The summed E-state index contributed by atoms with van der Waals surface area (Å²) in [6.45, 7) is 8.10. The lowest BCUT2D eigenvalue weighted by Gasteiger charge is -2.37. The Morgan fingerprint density at radius 3 is 2.95 bits per heavy atom. The topological polar surface area (TPSA) is 45.2 Å². The summed E-state index contributed by atoms with van der Waals surface area (Å²) in [5.41, 5.74) is 0.666. The SMILES string of the molecule is CCCNc1ncc(Br)cc1C(=O)N1CC(C)CCC1C. The molecule has 0 bridgehead atoms. The van der Waals surface area contributed by atoms with Crippen LogP contribution < -0.4 is 5.32 Å². The number of piperidine rings is 1. The van der Waals surface area contributed by atoms with E-state index in [0.29, 0.717) is 23.3 Å². The molecule has 116 valence electrons. The molecule has 4 nitrogen and oxygen atoms in total. The van der Waals surface area contributed by atoms with E-state index in [9.17, 15) is 4.79 Å². The number of halogens is 1. The summed E-state index contributed by atoms with van der Waals surface area (Å²) >= 11 is 3.42. The molecule has 1 aromatic rings. The van der Waals surface area contributed by atoms with Gasteiger partial charge in [-0.3, -0.25) is 4.79 Å². The second-order valence-electron chi connectivity index (χ2n) is 5.97. The lowest BCUT2D eigenvalue weighted by atomic mass is 9.94. The predicted octanol–water partition coefficient (Wildman–Crippen LogP) is 3.93. The van der Waals surface area contributed by atoms with Crippen molar-refractivity contribution >= 4 is 27.7 Å². The van der Waals surface area contributed by atoms with E-state index in [0.717, 1.165) is 30.4 Å². The van der Waals surface area contributed by atoms with Crippen molar-refractivity contribution in [3.8, 4) is 0 Å². The number of pyridine rings is 1. The zero-order valence-corrected chi connectivity index (χ0v) is 14.6. The zero-order valence-electron chi connectivity index (χ0n) is 13.0. The van der Waals surface area contributed by atoms with Crippen LogP contribution in [-0.4, -0.2) is 34.9 Å². The number of nitrogens with zero attached hydrogens (tertiary/aromatic N) is 2. The highest BCUT2D eigenvalue weighted by Crippen LogP contribution is 2.26. The van der Waals surface area contributed by atoms with Crippen molar-refractivity contribution in [1.29, 1.82) is 0 Å². The van der Waals surface area contributed by atoms with Crippen LogP contribution in [0.15, 0.2) is 16.7 Å². The number of likely N-dealkylation sites (tertiary alicyclic amines) is 1. The van der Waals surface area contributed by atoms with Gasteiger partial charge in [0.2, 0.25) is 0 Å². The van der Waals surface area contributed by atoms with E-state index in [1.807, 2.05) is 11.0 Å². The van der Waals surface area contributed by atoms with Gasteiger partial charge in [0.1, 0.15) is 5.82 Å². The van der Waals surface area contributed by atoms with Gasteiger partial charge in [0.25, 0.3) is 5.91 Å². The third-order valence-electron chi connectivity index (χ3n) is 4.01. The predicted molar refractivity (Wildman–Crippen MR) is 89.6 cm³/mol. The summed E-state index contributed by atoms with van der Waals surface area (Å²) in [5.74, 6) is 1.34. The molecule has 2 heterocycles. The Morgan fingerprint density at radius 2 is 2.24 bits per heavy atom. The third kappa shape index (κ3) is 3.96. The van der Waals surface area contributed by atoms with Gasteiger partial charge in [0.15, 0.2) is 0 Å². The molecule has 1 amide bonds. The van der Waals surface area contributed by atoms with Gasteiger partial charge >= 0.3 is 0 Å². The molecular weight excluding hydrogens is 330 g/mol. The van der Waals surface area contributed by atoms with Crippen LogP contribution in [0.2, 0.25) is 0 Å². The molecule has 1 aliphatic heterocycles. The fourth-order valence-electron chi connectivity index (χ4n) is 2.71. The van der Waals surface area contributed by atoms with Crippen molar-refractivity contribution in [2.24, 2.45) is 5.92 Å². The summed E-state index contributed by atoms with van der Waals surface area (Å²) in [5, 5.41) is 3.26. The molecular formula is C16H24BrN3O. The van der Waals surface area contributed by atoms with Crippen LogP contribution in [0.25, 0.3) is 0 Å². The minimum Gasteiger partial charge on any atom is -0.369 e. The van der Waals surface area contributed by atoms with E-state index in [4.69, 9.17) is 0 Å². The van der Waals surface area contributed by atoms with Crippen LogP contribution in [0.5, 0.6) is 0 Å². The average Bonchev–Trinajstić information content (AvgIpc) is 2.47. The molecule has 1 saturated heterocycles. The zero-order chi connectivity index (χ0) is 15.4. The largest absolute Gasteiger partial charge is 0.369 e. The van der Waals surface area contributed by atoms with Crippen LogP contribution >= 0.6 is 15.9 Å². The second kappa shape index (κ2) is 7.25. The number of carbonyl (C=O) groups is 1. The first-order valence-corrected chi connectivity index (χ1v) is 8.52. The Balaban J connectivity index is 2.26. The van der Waals surface area contributed by atoms with Crippen LogP contribution in [0.1, 0.15) is 50.4 Å². The number of nitrogens with one attached hydrogen (secondary N) is 1. The molecule has 2 rings (SSSR count). The molecule has 0 spiro atoms. The number of rotatable bonds is 4. The molecule has 0 radical (unpaired) electrons. The van der Waals surface area contributed by atoms with E-state index < -0.39 is 0 Å². The van der Waals surface area contributed by atoms with E-state index in [2.05, 4.69) is 47.0 Å². The first-order valence-electron chi connectivity index (χ1n) is 7.73. The Labute approximate surface area is 135 Å². The first-order chi connectivity index (χ1) is 10.0. The molecule has 1 aromatic heterocycles. The van der Waals surface area contributed by atoms with Crippen molar-refractivity contribution in [3.05, 3.63) is 22.3 Å². The Hall–Kier alpha value is -1.10. The van der Waals surface area contributed by atoms with Crippen molar-refractivity contribution in [3.63, 3.8) is 0 Å². The summed E-state index contributed by atoms with van der Waals surface area (Å²) < 4.78 is 0.839. The minimum atomic E-state index is 0.0847. The van der Waals surface area contributed by atoms with Gasteiger partial charge in [-0.05, 0) is 54.1 Å². The van der Waals surface area contributed by atoms with Gasteiger partial charge in [-0.1, -0.05) is 13.8 Å². The van der Waals surface area contributed by atoms with Crippen LogP contribution in [0, 0.1) is 5.92 Å². The molecule has 0 saturated carbocycles. The number of aromatic nitrogens is 1. The van der Waals surface area contributed by atoms with Crippen LogP contribution in [-0.2, 0) is 0 Å². The van der Waals surface area contributed by atoms with Crippen LogP contribution in [0.4, 0.5) is 5.82 Å². The van der Waals surface area contributed by atoms with Gasteiger partial charge in [-0.15, -0.1) is 0 Å². The summed E-state index contributed by atoms with van der Waals surface area (Å²) in [6.07, 6.45) is 5.01.